The Morgan fingerprint density at radius 3 is 2.74 bits per heavy atom. The van der Waals surface area contributed by atoms with Gasteiger partial charge in [0.2, 0.25) is 5.91 Å². The number of nitrogens with zero attached hydrogens (tertiary/aromatic N) is 1. The van der Waals surface area contributed by atoms with Gasteiger partial charge in [0.1, 0.15) is 0 Å². The standard InChI is InChI=1S/C18H26N2O3/c1-4-6-8-14(7-5-2)17(21)19-12-13-9-10-16-15(11-13)20(3)18(22)23-16/h9-11,14H,4-8,12H2,1-3H3,(H,19,21). The normalized spacial score (nSPS) is 12.5. The molecule has 0 radical (unpaired) electrons. The molecule has 0 saturated carbocycles. The van der Waals surface area contributed by atoms with Crippen molar-refractivity contribution in [2.24, 2.45) is 13.0 Å². The van der Waals surface area contributed by atoms with Crippen LogP contribution in [0.25, 0.3) is 11.1 Å². The summed E-state index contributed by atoms with van der Waals surface area (Å²) in [4.78, 5) is 23.9. The Balaban J connectivity index is 2.02. The lowest BCUT2D eigenvalue weighted by Crippen LogP contribution is -2.30. The van der Waals surface area contributed by atoms with Crippen molar-refractivity contribution in [3.05, 3.63) is 34.3 Å². The van der Waals surface area contributed by atoms with Crippen LogP contribution in [0.15, 0.2) is 27.4 Å². The SMILES string of the molecule is CCCCC(CCC)C(=O)NCc1ccc2oc(=O)n(C)c2c1. The van der Waals surface area contributed by atoms with Crippen molar-refractivity contribution in [3.63, 3.8) is 0 Å². The summed E-state index contributed by atoms with van der Waals surface area (Å²) < 4.78 is 6.59. The van der Waals surface area contributed by atoms with Crippen molar-refractivity contribution in [1.29, 1.82) is 0 Å². The Kier molecular flexibility index (Phi) is 6.02. The van der Waals surface area contributed by atoms with Gasteiger partial charge in [0.05, 0.1) is 5.52 Å². The summed E-state index contributed by atoms with van der Waals surface area (Å²) in [7, 11) is 1.68. The molecule has 0 spiro atoms. The van der Waals surface area contributed by atoms with Gasteiger partial charge in [-0.1, -0.05) is 39.2 Å². The average Bonchev–Trinajstić information content (AvgIpc) is 2.83. The first kappa shape index (κ1) is 17.3. The number of fused-ring (bicyclic) bond motifs is 1. The quantitative estimate of drug-likeness (QED) is 0.811. The number of aromatic nitrogens is 1. The largest absolute Gasteiger partial charge is 0.419 e. The number of amides is 1. The molecule has 1 N–H and O–H groups in total. The molecule has 1 unspecified atom stereocenters. The number of nitrogens with one attached hydrogen (secondary N) is 1. The van der Waals surface area contributed by atoms with Gasteiger partial charge in [-0.05, 0) is 30.5 Å². The first-order valence-electron chi connectivity index (χ1n) is 8.43. The highest BCUT2D eigenvalue weighted by atomic mass is 16.4. The highest BCUT2D eigenvalue weighted by Crippen LogP contribution is 2.17. The summed E-state index contributed by atoms with van der Waals surface area (Å²) in [6.45, 7) is 4.73. The van der Waals surface area contributed by atoms with Crippen LogP contribution in [-0.2, 0) is 18.4 Å². The van der Waals surface area contributed by atoms with Gasteiger partial charge in [0.25, 0.3) is 0 Å². The molecule has 0 aliphatic heterocycles. The summed E-state index contributed by atoms with van der Waals surface area (Å²) in [5.41, 5.74) is 2.28. The molecule has 1 heterocycles. The van der Waals surface area contributed by atoms with E-state index in [-0.39, 0.29) is 17.6 Å². The van der Waals surface area contributed by atoms with Gasteiger partial charge in [-0.2, -0.15) is 0 Å². The lowest BCUT2D eigenvalue weighted by molar-refractivity contribution is -0.125. The summed E-state index contributed by atoms with van der Waals surface area (Å²) in [6, 6.07) is 5.55. The van der Waals surface area contributed by atoms with E-state index in [1.54, 1.807) is 13.1 Å². The molecule has 1 atom stereocenters. The van der Waals surface area contributed by atoms with Crippen molar-refractivity contribution in [3.8, 4) is 0 Å². The number of hydrogen-bond donors (Lipinski definition) is 1. The number of rotatable bonds is 8. The van der Waals surface area contributed by atoms with Gasteiger partial charge in [-0.3, -0.25) is 9.36 Å². The van der Waals surface area contributed by atoms with E-state index >= 15 is 0 Å². The first-order chi connectivity index (χ1) is 11.1. The Morgan fingerprint density at radius 1 is 1.26 bits per heavy atom. The molecule has 5 nitrogen and oxygen atoms in total. The number of oxazole rings is 1. The molecule has 0 aliphatic carbocycles. The monoisotopic (exact) mass is 318 g/mol. The van der Waals surface area contributed by atoms with E-state index in [1.165, 1.54) is 4.57 Å². The van der Waals surface area contributed by atoms with Crippen LogP contribution in [0.2, 0.25) is 0 Å². The van der Waals surface area contributed by atoms with Gasteiger partial charge >= 0.3 is 5.76 Å². The Bertz CT molecular complexity index is 715. The second-order valence-corrected chi connectivity index (χ2v) is 6.07. The lowest BCUT2D eigenvalue weighted by Gasteiger charge is -2.15. The predicted octanol–water partition coefficient (Wildman–Crippen LogP) is 3.35. The maximum atomic E-state index is 12.4. The van der Waals surface area contributed by atoms with Crippen LogP contribution in [0.4, 0.5) is 0 Å². The molecular weight excluding hydrogens is 292 g/mol. The second kappa shape index (κ2) is 7.99. The summed E-state index contributed by atoms with van der Waals surface area (Å²) in [5, 5.41) is 3.03. The van der Waals surface area contributed by atoms with E-state index in [0.717, 1.165) is 43.2 Å². The van der Waals surface area contributed by atoms with Crippen LogP contribution < -0.4 is 11.1 Å². The smallest absolute Gasteiger partial charge is 0.408 e. The predicted molar refractivity (Wildman–Crippen MR) is 91.2 cm³/mol. The summed E-state index contributed by atoms with van der Waals surface area (Å²) in [5.74, 6) is -0.146. The molecule has 1 aromatic heterocycles. The number of benzene rings is 1. The van der Waals surface area contributed by atoms with Gasteiger partial charge < -0.3 is 9.73 Å². The molecule has 126 valence electrons. The first-order valence-corrected chi connectivity index (χ1v) is 8.43. The zero-order valence-electron chi connectivity index (χ0n) is 14.2. The van der Waals surface area contributed by atoms with E-state index in [9.17, 15) is 9.59 Å². The highest BCUT2D eigenvalue weighted by Gasteiger charge is 2.16. The maximum Gasteiger partial charge on any atom is 0.419 e. The van der Waals surface area contributed by atoms with Crippen LogP contribution in [0.3, 0.4) is 0 Å². The van der Waals surface area contributed by atoms with Crippen molar-refractivity contribution in [2.45, 2.75) is 52.5 Å². The molecule has 0 saturated heterocycles. The topological polar surface area (TPSA) is 64.2 Å². The lowest BCUT2D eigenvalue weighted by atomic mass is 9.96. The van der Waals surface area contributed by atoms with Gasteiger partial charge in [-0.15, -0.1) is 0 Å². The van der Waals surface area contributed by atoms with E-state index in [0.29, 0.717) is 12.1 Å². The third kappa shape index (κ3) is 4.24. The number of carbonyl (C=O) groups excluding carboxylic acids is 1. The van der Waals surface area contributed by atoms with Gasteiger partial charge in [-0.25, -0.2) is 4.79 Å². The Morgan fingerprint density at radius 2 is 2.04 bits per heavy atom. The molecule has 2 rings (SSSR count). The Labute approximate surface area is 136 Å². The van der Waals surface area contributed by atoms with E-state index in [4.69, 9.17) is 4.42 Å². The minimum Gasteiger partial charge on any atom is -0.408 e. The number of aryl methyl sites for hydroxylation is 1. The highest BCUT2D eigenvalue weighted by molar-refractivity contribution is 5.79. The fourth-order valence-electron chi connectivity index (χ4n) is 2.82. The minimum absolute atomic E-state index is 0.0990. The molecule has 2 aromatic rings. The van der Waals surface area contributed by atoms with Crippen LogP contribution in [0.5, 0.6) is 0 Å². The van der Waals surface area contributed by atoms with E-state index < -0.39 is 0 Å². The zero-order valence-corrected chi connectivity index (χ0v) is 14.2. The maximum absolute atomic E-state index is 12.4. The fourth-order valence-corrected chi connectivity index (χ4v) is 2.82. The van der Waals surface area contributed by atoms with Crippen LogP contribution in [-0.4, -0.2) is 10.5 Å². The zero-order chi connectivity index (χ0) is 16.8. The molecule has 0 fully saturated rings. The second-order valence-electron chi connectivity index (χ2n) is 6.07. The van der Waals surface area contributed by atoms with Gasteiger partial charge in [0, 0.05) is 19.5 Å². The van der Waals surface area contributed by atoms with Crippen molar-refractivity contribution < 1.29 is 9.21 Å². The average molecular weight is 318 g/mol. The van der Waals surface area contributed by atoms with Crippen LogP contribution in [0, 0.1) is 5.92 Å². The van der Waals surface area contributed by atoms with Crippen molar-refractivity contribution in [2.75, 3.05) is 0 Å². The minimum atomic E-state index is -0.372. The Hall–Kier alpha value is -2.04. The third-order valence-corrected chi connectivity index (χ3v) is 4.24. The van der Waals surface area contributed by atoms with Gasteiger partial charge in [0.15, 0.2) is 5.58 Å². The van der Waals surface area contributed by atoms with Crippen molar-refractivity contribution >= 4 is 17.0 Å². The van der Waals surface area contributed by atoms with E-state index in [2.05, 4.69) is 19.2 Å². The summed E-state index contributed by atoms with van der Waals surface area (Å²) in [6.07, 6.45) is 5.09. The fraction of sp³-hybridized carbons (Fsp3) is 0.556. The molecule has 23 heavy (non-hydrogen) atoms. The number of hydrogen-bond acceptors (Lipinski definition) is 3. The third-order valence-electron chi connectivity index (χ3n) is 4.24. The molecule has 1 aromatic carbocycles. The van der Waals surface area contributed by atoms with Crippen LogP contribution in [0.1, 0.15) is 51.5 Å². The van der Waals surface area contributed by atoms with Crippen LogP contribution >= 0.6 is 0 Å². The molecule has 0 aliphatic rings. The van der Waals surface area contributed by atoms with E-state index in [1.807, 2.05) is 12.1 Å². The van der Waals surface area contributed by atoms with Crippen molar-refractivity contribution in [1.82, 2.24) is 9.88 Å². The number of unbranched alkanes of at least 4 members (excludes halogenated alkanes) is 1. The molecular formula is C18H26N2O3. The molecule has 1 amide bonds. The number of carbonyl (C=O) groups is 1. The summed E-state index contributed by atoms with van der Waals surface area (Å²) >= 11 is 0. The molecule has 5 heteroatoms. The molecule has 0 bridgehead atoms.